The van der Waals surface area contributed by atoms with Crippen LogP contribution in [-0.2, 0) is 6.54 Å². The molecule has 1 N–H and O–H groups in total. The highest BCUT2D eigenvalue weighted by molar-refractivity contribution is 5.94. The van der Waals surface area contributed by atoms with Gasteiger partial charge in [0.2, 0.25) is 5.88 Å². The van der Waals surface area contributed by atoms with Crippen molar-refractivity contribution < 1.29 is 9.53 Å². The Morgan fingerprint density at radius 1 is 1.17 bits per heavy atom. The van der Waals surface area contributed by atoms with E-state index in [1.165, 1.54) is 31.2 Å². The lowest BCUT2D eigenvalue weighted by Gasteiger charge is -2.32. The van der Waals surface area contributed by atoms with E-state index in [0.717, 1.165) is 31.9 Å². The number of nitrogens with one attached hydrogen (secondary N) is 1. The fourth-order valence-corrected chi connectivity index (χ4v) is 3.69. The molecule has 0 spiro atoms. The zero-order chi connectivity index (χ0) is 20.6. The number of ether oxygens (including phenoxy) is 1. The number of carbonyl (C=O) groups excluding carboxylic acids is 1. The predicted octanol–water partition coefficient (Wildman–Crippen LogP) is 4.74. The molecular weight excluding hydrogens is 362 g/mol. The highest BCUT2D eigenvalue weighted by Gasteiger charge is 2.19. The molecular formula is C24H33N3O2. The fourth-order valence-electron chi connectivity index (χ4n) is 3.69. The number of piperidine rings is 1. The number of hydrogen-bond donors (Lipinski definition) is 1. The van der Waals surface area contributed by atoms with Gasteiger partial charge in [-0.2, -0.15) is 0 Å². The van der Waals surface area contributed by atoms with Gasteiger partial charge in [0.1, 0.15) is 5.75 Å². The van der Waals surface area contributed by atoms with Crippen LogP contribution in [0.5, 0.6) is 11.6 Å². The van der Waals surface area contributed by atoms with Crippen molar-refractivity contribution in [3.05, 3.63) is 53.2 Å². The molecule has 1 aromatic carbocycles. The molecule has 1 aromatic heterocycles. The number of rotatable bonds is 9. The van der Waals surface area contributed by atoms with Gasteiger partial charge in [0.25, 0.3) is 0 Å². The second kappa shape index (κ2) is 10.5. The number of benzene rings is 1. The van der Waals surface area contributed by atoms with E-state index >= 15 is 0 Å². The van der Waals surface area contributed by atoms with Gasteiger partial charge in [0.05, 0.1) is 0 Å². The highest BCUT2D eigenvalue weighted by atomic mass is 16.5. The maximum Gasteiger partial charge on any atom is 0.219 e. The molecule has 156 valence electrons. The Hall–Kier alpha value is -2.24. The Morgan fingerprint density at radius 3 is 2.52 bits per heavy atom. The van der Waals surface area contributed by atoms with Crippen molar-refractivity contribution in [2.45, 2.75) is 59.0 Å². The van der Waals surface area contributed by atoms with Gasteiger partial charge >= 0.3 is 0 Å². The van der Waals surface area contributed by atoms with Gasteiger partial charge in [-0.3, -0.25) is 9.69 Å². The van der Waals surface area contributed by atoms with Crippen molar-refractivity contribution in [2.24, 2.45) is 0 Å². The first kappa shape index (κ1) is 21.5. The van der Waals surface area contributed by atoms with Crippen LogP contribution < -0.4 is 10.1 Å². The number of nitrogens with zero attached hydrogens (tertiary/aromatic N) is 2. The number of aryl methyl sites for hydroxylation is 1. The quantitative estimate of drug-likeness (QED) is 0.491. The first-order chi connectivity index (χ1) is 14.0. The minimum absolute atomic E-state index is 0.0515. The van der Waals surface area contributed by atoms with Gasteiger partial charge in [-0.15, -0.1) is 0 Å². The van der Waals surface area contributed by atoms with Crippen molar-refractivity contribution >= 4 is 5.78 Å². The van der Waals surface area contributed by atoms with E-state index in [2.05, 4.69) is 28.2 Å². The van der Waals surface area contributed by atoms with E-state index in [0.29, 0.717) is 23.2 Å². The number of unbranched alkanes of at least 4 members (excludes halogenated alkanes) is 1. The van der Waals surface area contributed by atoms with Crippen molar-refractivity contribution in [3.8, 4) is 11.6 Å². The molecule has 2 aromatic rings. The van der Waals surface area contributed by atoms with E-state index in [9.17, 15) is 4.79 Å². The van der Waals surface area contributed by atoms with Crippen molar-refractivity contribution in [1.82, 2.24) is 15.2 Å². The van der Waals surface area contributed by atoms with E-state index in [1.54, 1.807) is 31.2 Å². The monoisotopic (exact) mass is 395 g/mol. The SMILES string of the molecule is CCCCNC1CCN(Cc2ccc(Oc3ccc(C(C)=O)cc3)nc2C)CC1. The number of hydrogen-bond acceptors (Lipinski definition) is 5. The van der Waals surface area contributed by atoms with Crippen LogP contribution in [0.1, 0.15) is 61.1 Å². The summed E-state index contributed by atoms with van der Waals surface area (Å²) >= 11 is 0. The van der Waals surface area contributed by atoms with E-state index in [4.69, 9.17) is 4.74 Å². The Kier molecular flexibility index (Phi) is 7.78. The van der Waals surface area contributed by atoms with Crippen LogP contribution in [0.4, 0.5) is 0 Å². The molecule has 0 bridgehead atoms. The zero-order valence-electron chi connectivity index (χ0n) is 17.9. The molecule has 1 fully saturated rings. The number of carbonyl (C=O) groups is 1. The van der Waals surface area contributed by atoms with Crippen molar-refractivity contribution in [3.63, 3.8) is 0 Å². The molecule has 1 aliphatic rings. The maximum atomic E-state index is 11.4. The highest BCUT2D eigenvalue weighted by Crippen LogP contribution is 2.23. The van der Waals surface area contributed by atoms with Crippen LogP contribution in [0, 0.1) is 6.92 Å². The first-order valence-electron chi connectivity index (χ1n) is 10.8. The van der Waals surface area contributed by atoms with Crippen molar-refractivity contribution in [1.29, 1.82) is 0 Å². The van der Waals surface area contributed by atoms with Gasteiger partial charge in [-0.1, -0.05) is 19.4 Å². The first-order valence-corrected chi connectivity index (χ1v) is 10.8. The summed E-state index contributed by atoms with van der Waals surface area (Å²) in [6.07, 6.45) is 4.95. The summed E-state index contributed by atoms with van der Waals surface area (Å²) in [6, 6.07) is 11.9. The summed E-state index contributed by atoms with van der Waals surface area (Å²) < 4.78 is 5.86. The number of pyridine rings is 1. The standard InChI is InChI=1S/C24H33N3O2/c1-4-5-14-25-22-12-15-27(16-13-22)17-21-8-11-24(26-18(21)2)29-23-9-6-20(7-10-23)19(3)28/h6-11,22,25H,4-5,12-17H2,1-3H3. The average molecular weight is 396 g/mol. The summed E-state index contributed by atoms with van der Waals surface area (Å²) in [4.78, 5) is 18.5. The molecule has 0 atom stereocenters. The van der Waals surface area contributed by atoms with E-state index in [1.807, 2.05) is 13.0 Å². The molecule has 5 nitrogen and oxygen atoms in total. The van der Waals surface area contributed by atoms with Gasteiger partial charge in [-0.05, 0) is 82.6 Å². The third kappa shape index (κ3) is 6.38. The summed E-state index contributed by atoms with van der Waals surface area (Å²) in [5.41, 5.74) is 2.94. The van der Waals surface area contributed by atoms with Gasteiger partial charge in [-0.25, -0.2) is 4.98 Å². The van der Waals surface area contributed by atoms with Gasteiger partial charge in [0.15, 0.2) is 5.78 Å². The lowest BCUT2D eigenvalue weighted by atomic mass is 10.0. The van der Waals surface area contributed by atoms with Gasteiger partial charge in [0, 0.05) is 29.9 Å². The van der Waals surface area contributed by atoms with Crippen LogP contribution in [0.15, 0.2) is 36.4 Å². The van der Waals surface area contributed by atoms with Crippen LogP contribution in [0.3, 0.4) is 0 Å². The van der Waals surface area contributed by atoms with Crippen LogP contribution in [-0.4, -0.2) is 41.3 Å². The van der Waals surface area contributed by atoms with Crippen molar-refractivity contribution in [2.75, 3.05) is 19.6 Å². The average Bonchev–Trinajstić information content (AvgIpc) is 2.72. The smallest absolute Gasteiger partial charge is 0.219 e. The molecule has 0 unspecified atom stereocenters. The molecule has 0 amide bonds. The maximum absolute atomic E-state index is 11.4. The lowest BCUT2D eigenvalue weighted by Crippen LogP contribution is -2.42. The largest absolute Gasteiger partial charge is 0.439 e. The topological polar surface area (TPSA) is 54.5 Å². The van der Waals surface area contributed by atoms with Crippen LogP contribution >= 0.6 is 0 Å². The number of Topliss-reactive ketones (excluding diaryl/α,β-unsaturated/α-hetero) is 1. The molecule has 1 saturated heterocycles. The van der Waals surface area contributed by atoms with E-state index in [-0.39, 0.29) is 5.78 Å². The minimum atomic E-state index is 0.0515. The van der Waals surface area contributed by atoms with Crippen LogP contribution in [0.2, 0.25) is 0 Å². The summed E-state index contributed by atoms with van der Waals surface area (Å²) in [5, 5.41) is 3.68. The molecule has 1 aliphatic heterocycles. The zero-order valence-corrected chi connectivity index (χ0v) is 17.9. The molecule has 0 saturated carbocycles. The Morgan fingerprint density at radius 2 is 1.90 bits per heavy atom. The number of ketones is 1. The summed E-state index contributed by atoms with van der Waals surface area (Å²) in [7, 11) is 0. The Labute approximate surface area is 174 Å². The summed E-state index contributed by atoms with van der Waals surface area (Å²) in [5.74, 6) is 1.32. The summed E-state index contributed by atoms with van der Waals surface area (Å²) in [6.45, 7) is 10.2. The second-order valence-electron chi connectivity index (χ2n) is 7.93. The van der Waals surface area contributed by atoms with E-state index < -0.39 is 0 Å². The van der Waals surface area contributed by atoms with Gasteiger partial charge < -0.3 is 10.1 Å². The normalized spacial score (nSPS) is 15.4. The second-order valence-corrected chi connectivity index (χ2v) is 7.93. The molecule has 3 rings (SSSR count). The molecule has 0 radical (unpaired) electrons. The molecule has 2 heterocycles. The number of likely N-dealkylation sites (tertiary alicyclic amines) is 1. The fraction of sp³-hybridized carbons (Fsp3) is 0.500. The van der Waals surface area contributed by atoms with Crippen LogP contribution in [0.25, 0.3) is 0 Å². The molecule has 5 heteroatoms. The third-order valence-electron chi connectivity index (χ3n) is 5.60. The predicted molar refractivity (Wildman–Crippen MR) is 117 cm³/mol. The molecule has 0 aliphatic carbocycles. The third-order valence-corrected chi connectivity index (χ3v) is 5.60. The minimum Gasteiger partial charge on any atom is -0.439 e. The lowest BCUT2D eigenvalue weighted by molar-refractivity contribution is 0.101. The molecule has 29 heavy (non-hydrogen) atoms. The Balaban J connectivity index is 1.51. The number of aromatic nitrogens is 1. The Bertz CT molecular complexity index is 796.